The first-order valence-corrected chi connectivity index (χ1v) is 4.33. The number of amides is 1. The fourth-order valence-corrected chi connectivity index (χ4v) is 0.898. The van der Waals surface area contributed by atoms with Crippen molar-refractivity contribution in [2.24, 2.45) is 0 Å². The quantitative estimate of drug-likeness (QED) is 0.797. The Morgan fingerprint density at radius 2 is 2.06 bits per heavy atom. The van der Waals surface area contributed by atoms with E-state index in [1.54, 1.807) is 23.7 Å². The summed E-state index contributed by atoms with van der Waals surface area (Å²) in [6.07, 6.45) is -4.80. The van der Waals surface area contributed by atoms with Gasteiger partial charge in [0.15, 0.2) is 0 Å². The molecule has 0 aliphatic rings. The highest BCUT2D eigenvalue weighted by Crippen LogP contribution is 2.17. The molecule has 4 nitrogen and oxygen atoms in total. The predicted octanol–water partition coefficient (Wildman–Crippen LogP) is 1.85. The van der Waals surface area contributed by atoms with Crippen LogP contribution in [-0.4, -0.2) is 12.0 Å². The lowest BCUT2D eigenvalue weighted by atomic mass is 10.2. The molecule has 0 heterocycles. The van der Waals surface area contributed by atoms with Crippen LogP contribution < -0.4 is 5.48 Å². The third-order valence-corrected chi connectivity index (χ3v) is 1.61. The molecule has 0 atom stereocenters. The van der Waals surface area contributed by atoms with Gasteiger partial charge in [-0.25, -0.2) is 10.3 Å². The molecular weight excluding hydrogens is 218 g/mol. The van der Waals surface area contributed by atoms with Crippen molar-refractivity contribution in [1.29, 1.82) is 5.26 Å². The van der Waals surface area contributed by atoms with Gasteiger partial charge < -0.3 is 0 Å². The van der Waals surface area contributed by atoms with Crippen LogP contribution in [0.25, 0.3) is 0 Å². The third-order valence-electron chi connectivity index (χ3n) is 1.61. The summed E-state index contributed by atoms with van der Waals surface area (Å²) in [7, 11) is 0. The Morgan fingerprint density at radius 3 is 2.62 bits per heavy atom. The SMILES string of the molecule is N#CCC(F)(F)ONC(=O)c1ccccc1. The van der Waals surface area contributed by atoms with Crippen LogP contribution in [0.15, 0.2) is 30.3 Å². The molecule has 16 heavy (non-hydrogen) atoms. The van der Waals surface area contributed by atoms with Crippen LogP contribution in [0.2, 0.25) is 0 Å². The maximum Gasteiger partial charge on any atom is 0.388 e. The van der Waals surface area contributed by atoms with E-state index >= 15 is 0 Å². The van der Waals surface area contributed by atoms with Crippen LogP contribution in [-0.2, 0) is 4.84 Å². The molecule has 6 heteroatoms. The maximum absolute atomic E-state index is 12.6. The number of nitrogens with one attached hydrogen (secondary N) is 1. The minimum absolute atomic E-state index is 0.190. The van der Waals surface area contributed by atoms with Gasteiger partial charge in [0.05, 0.1) is 6.07 Å². The van der Waals surface area contributed by atoms with Gasteiger partial charge in [0.25, 0.3) is 5.91 Å². The lowest BCUT2D eigenvalue weighted by Gasteiger charge is -2.13. The van der Waals surface area contributed by atoms with Crippen LogP contribution in [0.5, 0.6) is 0 Å². The Hall–Kier alpha value is -2.00. The average Bonchev–Trinajstić information content (AvgIpc) is 2.27. The van der Waals surface area contributed by atoms with E-state index in [-0.39, 0.29) is 5.56 Å². The highest BCUT2D eigenvalue weighted by molar-refractivity contribution is 5.93. The number of halogens is 2. The monoisotopic (exact) mass is 226 g/mol. The van der Waals surface area contributed by atoms with Crippen LogP contribution in [0.3, 0.4) is 0 Å². The molecule has 0 aromatic heterocycles. The Morgan fingerprint density at radius 1 is 1.44 bits per heavy atom. The van der Waals surface area contributed by atoms with Gasteiger partial charge in [-0.15, -0.1) is 0 Å². The molecule has 0 aliphatic carbocycles. The second-order valence-corrected chi connectivity index (χ2v) is 2.87. The summed E-state index contributed by atoms with van der Waals surface area (Å²) in [5, 5.41) is 8.06. The van der Waals surface area contributed by atoms with Crippen molar-refractivity contribution in [1.82, 2.24) is 5.48 Å². The summed E-state index contributed by atoms with van der Waals surface area (Å²) in [6, 6.07) is 8.99. The molecular formula is C10H8F2N2O2. The Kier molecular flexibility index (Phi) is 3.91. The van der Waals surface area contributed by atoms with Crippen LogP contribution in [0, 0.1) is 11.3 Å². The molecule has 0 bridgehead atoms. The van der Waals surface area contributed by atoms with Crippen molar-refractivity contribution in [3.05, 3.63) is 35.9 Å². The Balaban J connectivity index is 2.51. The van der Waals surface area contributed by atoms with E-state index in [2.05, 4.69) is 4.84 Å². The standard InChI is InChI=1S/C10H8F2N2O2/c11-10(12,6-7-13)16-14-9(15)8-4-2-1-3-5-8/h1-5H,6H2,(H,14,15). The van der Waals surface area contributed by atoms with E-state index in [0.29, 0.717) is 0 Å². The van der Waals surface area contributed by atoms with Crippen molar-refractivity contribution >= 4 is 5.91 Å². The van der Waals surface area contributed by atoms with Crippen LogP contribution >= 0.6 is 0 Å². The zero-order chi connectivity index (χ0) is 12.0. The number of nitrogens with zero attached hydrogens (tertiary/aromatic N) is 1. The van der Waals surface area contributed by atoms with Crippen LogP contribution in [0.1, 0.15) is 16.8 Å². The zero-order valence-electron chi connectivity index (χ0n) is 8.11. The van der Waals surface area contributed by atoms with Crippen LogP contribution in [0.4, 0.5) is 8.78 Å². The van der Waals surface area contributed by atoms with Gasteiger partial charge in [0, 0.05) is 5.56 Å². The first kappa shape index (κ1) is 12.1. The lowest BCUT2D eigenvalue weighted by Crippen LogP contribution is -2.33. The summed E-state index contributed by atoms with van der Waals surface area (Å²) in [4.78, 5) is 15.1. The smallest absolute Gasteiger partial charge is 0.267 e. The molecule has 0 radical (unpaired) electrons. The molecule has 84 valence electrons. The van der Waals surface area contributed by atoms with Crippen molar-refractivity contribution < 1.29 is 18.4 Å². The number of hydroxylamine groups is 1. The van der Waals surface area contributed by atoms with Crippen molar-refractivity contribution in [2.75, 3.05) is 0 Å². The van der Waals surface area contributed by atoms with E-state index in [0.717, 1.165) is 0 Å². The molecule has 1 amide bonds. The van der Waals surface area contributed by atoms with Gasteiger partial charge in [0.1, 0.15) is 6.42 Å². The third kappa shape index (κ3) is 3.63. The maximum atomic E-state index is 12.6. The van der Waals surface area contributed by atoms with E-state index in [1.807, 2.05) is 0 Å². The first-order valence-electron chi connectivity index (χ1n) is 4.33. The average molecular weight is 226 g/mol. The van der Waals surface area contributed by atoms with E-state index in [1.165, 1.54) is 18.2 Å². The van der Waals surface area contributed by atoms with Gasteiger partial charge in [-0.3, -0.25) is 4.79 Å². The number of hydrogen-bond acceptors (Lipinski definition) is 3. The number of carbonyl (C=O) groups excluding carboxylic acids is 1. The van der Waals surface area contributed by atoms with Crippen molar-refractivity contribution in [3.8, 4) is 6.07 Å². The minimum atomic E-state index is -3.68. The normalized spacial score (nSPS) is 10.6. The second-order valence-electron chi connectivity index (χ2n) is 2.87. The number of benzene rings is 1. The molecule has 0 saturated heterocycles. The molecule has 1 N–H and O–H groups in total. The summed E-state index contributed by atoms with van der Waals surface area (Å²) >= 11 is 0. The number of carbonyl (C=O) groups is 1. The number of rotatable bonds is 4. The fraction of sp³-hybridized carbons (Fsp3) is 0.200. The predicted molar refractivity (Wildman–Crippen MR) is 50.2 cm³/mol. The molecule has 0 unspecified atom stereocenters. The molecule has 1 aromatic rings. The van der Waals surface area contributed by atoms with Gasteiger partial charge in [-0.05, 0) is 12.1 Å². The summed E-state index contributed by atoms with van der Waals surface area (Å²) in [6.45, 7) is 0. The Labute approximate surface area is 90.4 Å². The topological polar surface area (TPSA) is 62.1 Å². The summed E-state index contributed by atoms with van der Waals surface area (Å²) in [5.41, 5.74) is 1.77. The zero-order valence-corrected chi connectivity index (χ0v) is 8.11. The van der Waals surface area contributed by atoms with Gasteiger partial charge in [-0.1, -0.05) is 18.2 Å². The molecule has 1 rings (SSSR count). The number of hydrogen-bond donors (Lipinski definition) is 1. The van der Waals surface area contributed by atoms with Crippen molar-refractivity contribution in [3.63, 3.8) is 0 Å². The highest BCUT2D eigenvalue weighted by Gasteiger charge is 2.31. The minimum Gasteiger partial charge on any atom is -0.267 e. The van der Waals surface area contributed by atoms with Crippen molar-refractivity contribution in [2.45, 2.75) is 12.5 Å². The molecule has 0 spiro atoms. The van der Waals surface area contributed by atoms with Gasteiger partial charge >= 0.3 is 6.11 Å². The van der Waals surface area contributed by atoms with Gasteiger partial charge in [-0.2, -0.15) is 14.0 Å². The van der Waals surface area contributed by atoms with Gasteiger partial charge in [0.2, 0.25) is 0 Å². The number of nitriles is 1. The Bertz CT molecular complexity index is 401. The summed E-state index contributed by atoms with van der Waals surface area (Å²) in [5.74, 6) is -0.793. The summed E-state index contributed by atoms with van der Waals surface area (Å²) < 4.78 is 25.3. The lowest BCUT2D eigenvalue weighted by molar-refractivity contribution is -0.258. The molecule has 0 fully saturated rings. The molecule has 1 aromatic carbocycles. The molecule has 0 aliphatic heterocycles. The largest absolute Gasteiger partial charge is 0.388 e. The molecule has 0 saturated carbocycles. The number of alkyl halides is 2. The first-order chi connectivity index (χ1) is 7.55. The highest BCUT2D eigenvalue weighted by atomic mass is 19.3. The second kappa shape index (κ2) is 5.19. The van der Waals surface area contributed by atoms with E-state index in [9.17, 15) is 13.6 Å². The van der Waals surface area contributed by atoms with E-state index < -0.39 is 18.4 Å². The van der Waals surface area contributed by atoms with E-state index in [4.69, 9.17) is 5.26 Å². The fourth-order valence-electron chi connectivity index (χ4n) is 0.898.